The molecule has 0 fully saturated rings. The average Bonchev–Trinajstić information content (AvgIpc) is 2.65. The van der Waals surface area contributed by atoms with Crippen LogP contribution < -0.4 is 5.73 Å². The van der Waals surface area contributed by atoms with Gasteiger partial charge in [0.1, 0.15) is 0 Å². The van der Waals surface area contributed by atoms with Gasteiger partial charge in [0.15, 0.2) is 0 Å². The van der Waals surface area contributed by atoms with Gasteiger partial charge in [0.05, 0.1) is 23.0 Å². The molecule has 0 amide bonds. The predicted octanol–water partition coefficient (Wildman–Crippen LogP) is 2.24. The summed E-state index contributed by atoms with van der Waals surface area (Å²) in [6, 6.07) is 1.55. The van der Waals surface area contributed by atoms with E-state index in [0.29, 0.717) is 5.02 Å². The molecule has 2 aromatic rings. The van der Waals surface area contributed by atoms with Gasteiger partial charge in [-0.2, -0.15) is 0 Å². The van der Waals surface area contributed by atoms with Gasteiger partial charge >= 0.3 is 0 Å². The van der Waals surface area contributed by atoms with E-state index in [9.17, 15) is 0 Å². The maximum atomic E-state index is 5.99. The highest BCUT2D eigenvalue weighted by Gasteiger charge is 2.14. The molecular weight excluding hydrogens is 218 g/mol. The van der Waals surface area contributed by atoms with Crippen LogP contribution in [0.3, 0.4) is 0 Å². The highest BCUT2D eigenvalue weighted by Crippen LogP contribution is 2.29. The maximum Gasteiger partial charge on any atom is 0.0850 e. The third-order valence-corrected chi connectivity index (χ3v) is 3.27. The van der Waals surface area contributed by atoms with Crippen LogP contribution in [0.15, 0.2) is 30.0 Å². The van der Waals surface area contributed by atoms with Crippen molar-refractivity contribution in [1.29, 1.82) is 0 Å². The van der Waals surface area contributed by atoms with E-state index in [1.54, 1.807) is 18.6 Å². The summed E-state index contributed by atoms with van der Waals surface area (Å²) in [7, 11) is 0. The number of rotatable bonds is 2. The molecule has 2 rings (SSSR count). The topological polar surface area (TPSA) is 51.8 Å². The molecule has 14 heavy (non-hydrogen) atoms. The Hall–Kier alpha value is -0.970. The normalized spacial score (nSPS) is 12.7. The molecule has 5 heteroatoms. The smallest absolute Gasteiger partial charge is 0.0850 e. The van der Waals surface area contributed by atoms with Crippen LogP contribution in [0.4, 0.5) is 0 Å². The van der Waals surface area contributed by atoms with Crippen molar-refractivity contribution in [3.8, 4) is 0 Å². The van der Waals surface area contributed by atoms with Gasteiger partial charge in [-0.1, -0.05) is 11.6 Å². The van der Waals surface area contributed by atoms with Gasteiger partial charge in [-0.3, -0.25) is 9.97 Å². The largest absolute Gasteiger partial charge is 0.318 e. The quantitative estimate of drug-likeness (QED) is 0.853. The lowest BCUT2D eigenvalue weighted by Gasteiger charge is -2.08. The minimum Gasteiger partial charge on any atom is -0.318 e. The first-order valence-electron chi connectivity index (χ1n) is 4.03. The molecular formula is C9H8ClN3S. The average molecular weight is 226 g/mol. The third kappa shape index (κ3) is 1.77. The number of hydrogen-bond acceptors (Lipinski definition) is 4. The zero-order valence-electron chi connectivity index (χ0n) is 7.22. The van der Waals surface area contributed by atoms with E-state index >= 15 is 0 Å². The molecule has 1 unspecified atom stereocenters. The minimum atomic E-state index is -0.281. The molecule has 2 heterocycles. The van der Waals surface area contributed by atoms with Crippen molar-refractivity contribution < 1.29 is 0 Å². The summed E-state index contributed by atoms with van der Waals surface area (Å²) in [4.78, 5) is 9.02. The molecule has 0 aliphatic heterocycles. The molecule has 0 bridgehead atoms. The molecule has 0 saturated heterocycles. The summed E-state index contributed by atoms with van der Waals surface area (Å²) in [6.07, 6.45) is 4.89. The van der Waals surface area contributed by atoms with Crippen molar-refractivity contribution in [2.24, 2.45) is 5.73 Å². The molecule has 0 aliphatic carbocycles. The van der Waals surface area contributed by atoms with E-state index in [1.165, 1.54) is 11.3 Å². The molecule has 3 nitrogen and oxygen atoms in total. The lowest BCUT2D eigenvalue weighted by atomic mass is 10.2. The van der Waals surface area contributed by atoms with Gasteiger partial charge < -0.3 is 5.73 Å². The van der Waals surface area contributed by atoms with E-state index in [2.05, 4.69) is 9.97 Å². The third-order valence-electron chi connectivity index (χ3n) is 1.83. The summed E-state index contributed by atoms with van der Waals surface area (Å²) in [5, 5.41) is 2.60. The lowest BCUT2D eigenvalue weighted by Crippen LogP contribution is -2.12. The Balaban J connectivity index is 2.34. The van der Waals surface area contributed by atoms with E-state index < -0.39 is 0 Å². The molecule has 0 saturated carbocycles. The van der Waals surface area contributed by atoms with Crippen LogP contribution >= 0.6 is 22.9 Å². The first-order valence-corrected chi connectivity index (χ1v) is 5.29. The molecule has 0 radical (unpaired) electrons. The molecule has 0 spiro atoms. The number of thiophene rings is 1. The van der Waals surface area contributed by atoms with E-state index in [4.69, 9.17) is 17.3 Å². The summed E-state index contributed by atoms with van der Waals surface area (Å²) in [6.45, 7) is 0. The Labute approximate surface area is 90.6 Å². The zero-order chi connectivity index (χ0) is 9.97. The van der Waals surface area contributed by atoms with Crippen LogP contribution in [-0.2, 0) is 0 Å². The number of hydrogen-bond donors (Lipinski definition) is 1. The van der Waals surface area contributed by atoms with Crippen LogP contribution in [0.2, 0.25) is 5.02 Å². The Morgan fingerprint density at radius 1 is 1.43 bits per heavy atom. The van der Waals surface area contributed by atoms with E-state index in [1.807, 2.05) is 11.4 Å². The molecule has 2 aromatic heterocycles. The lowest BCUT2D eigenvalue weighted by molar-refractivity contribution is 0.834. The first-order chi connectivity index (χ1) is 6.79. The van der Waals surface area contributed by atoms with Crippen LogP contribution in [-0.4, -0.2) is 9.97 Å². The predicted molar refractivity (Wildman–Crippen MR) is 57.4 cm³/mol. The summed E-state index contributed by atoms with van der Waals surface area (Å²) in [5.74, 6) is 0. The van der Waals surface area contributed by atoms with Gasteiger partial charge in [0.2, 0.25) is 0 Å². The fraction of sp³-hybridized carbons (Fsp3) is 0.111. The van der Waals surface area contributed by atoms with Gasteiger partial charge in [0, 0.05) is 17.3 Å². The SMILES string of the molecule is NC(c1cnccn1)c1sccc1Cl. The highest BCUT2D eigenvalue weighted by atomic mass is 35.5. The van der Waals surface area contributed by atoms with Crippen LogP contribution in [0.25, 0.3) is 0 Å². The van der Waals surface area contributed by atoms with Crippen molar-refractivity contribution in [2.45, 2.75) is 6.04 Å². The molecule has 0 aromatic carbocycles. The van der Waals surface area contributed by atoms with E-state index in [-0.39, 0.29) is 6.04 Å². The summed E-state index contributed by atoms with van der Waals surface area (Å²) >= 11 is 7.49. The number of nitrogens with zero attached hydrogens (tertiary/aromatic N) is 2. The fourth-order valence-electron chi connectivity index (χ4n) is 1.13. The molecule has 1 atom stereocenters. The zero-order valence-corrected chi connectivity index (χ0v) is 8.79. The minimum absolute atomic E-state index is 0.281. The Morgan fingerprint density at radius 2 is 2.29 bits per heavy atom. The van der Waals surface area contributed by atoms with Crippen LogP contribution in [0, 0.1) is 0 Å². The second-order valence-corrected chi connectivity index (χ2v) is 4.10. The second kappa shape index (κ2) is 4.04. The van der Waals surface area contributed by atoms with Gasteiger partial charge in [-0.15, -0.1) is 11.3 Å². The van der Waals surface area contributed by atoms with Crippen molar-refractivity contribution in [3.05, 3.63) is 45.6 Å². The van der Waals surface area contributed by atoms with Crippen LogP contribution in [0.1, 0.15) is 16.6 Å². The highest BCUT2D eigenvalue weighted by molar-refractivity contribution is 7.10. The van der Waals surface area contributed by atoms with Crippen molar-refractivity contribution in [1.82, 2.24) is 9.97 Å². The first kappa shape index (κ1) is 9.58. The van der Waals surface area contributed by atoms with Gasteiger partial charge in [0.25, 0.3) is 0 Å². The number of aromatic nitrogens is 2. The van der Waals surface area contributed by atoms with E-state index in [0.717, 1.165) is 10.6 Å². The van der Waals surface area contributed by atoms with Gasteiger partial charge in [-0.05, 0) is 11.4 Å². The standard InChI is InChI=1S/C9H8ClN3S/c10-6-1-4-14-9(6)8(11)7-5-12-2-3-13-7/h1-5,8H,11H2. The molecule has 0 aliphatic rings. The van der Waals surface area contributed by atoms with Crippen molar-refractivity contribution in [3.63, 3.8) is 0 Å². The van der Waals surface area contributed by atoms with Gasteiger partial charge in [-0.25, -0.2) is 0 Å². The fourth-order valence-corrected chi connectivity index (χ4v) is 2.32. The number of nitrogens with two attached hydrogens (primary N) is 1. The Bertz CT molecular complexity index is 415. The Morgan fingerprint density at radius 3 is 2.86 bits per heavy atom. The molecule has 2 N–H and O–H groups in total. The maximum absolute atomic E-state index is 5.99. The molecule has 72 valence electrons. The van der Waals surface area contributed by atoms with Crippen LogP contribution in [0.5, 0.6) is 0 Å². The summed E-state index contributed by atoms with van der Waals surface area (Å²) < 4.78 is 0. The number of halogens is 1. The second-order valence-electron chi connectivity index (χ2n) is 2.74. The summed E-state index contributed by atoms with van der Waals surface area (Å²) in [5.41, 5.74) is 6.72. The Kier molecular flexibility index (Phi) is 2.77. The van der Waals surface area contributed by atoms with Crippen molar-refractivity contribution in [2.75, 3.05) is 0 Å². The van der Waals surface area contributed by atoms with Crippen molar-refractivity contribution >= 4 is 22.9 Å². The monoisotopic (exact) mass is 225 g/mol.